The molecule has 1 aliphatic heterocycles. The second-order valence-corrected chi connectivity index (χ2v) is 6.22. The van der Waals surface area contributed by atoms with Crippen LogP contribution in [0.4, 0.5) is 0 Å². The zero-order valence-electron chi connectivity index (χ0n) is 6.55. The summed E-state index contributed by atoms with van der Waals surface area (Å²) in [6, 6.07) is 0. The zero-order valence-corrected chi connectivity index (χ0v) is 9.00. The predicted octanol–water partition coefficient (Wildman–Crippen LogP) is 2.94. The first-order valence-corrected chi connectivity index (χ1v) is 7.11. The van der Waals surface area contributed by atoms with Crippen molar-refractivity contribution >= 4 is 35.3 Å². The fraction of sp³-hybridized carbons (Fsp3) is 1.00. The van der Waals surface area contributed by atoms with Crippen LogP contribution in [0.1, 0.15) is 12.8 Å². The van der Waals surface area contributed by atoms with Crippen molar-refractivity contribution in [3.63, 3.8) is 0 Å². The van der Waals surface area contributed by atoms with Gasteiger partial charge in [-0.1, -0.05) is 0 Å². The standard InChI is InChI=1S/C7H14S3/c1-8-7(9-2)4-3-5-10-6-7/h3-6H2,1-2H3. The Labute approximate surface area is 76.3 Å². The van der Waals surface area contributed by atoms with Crippen LogP contribution >= 0.6 is 35.3 Å². The van der Waals surface area contributed by atoms with Crippen molar-refractivity contribution in [2.75, 3.05) is 24.0 Å². The topological polar surface area (TPSA) is 0 Å². The molecule has 1 saturated heterocycles. The fourth-order valence-electron chi connectivity index (χ4n) is 1.15. The van der Waals surface area contributed by atoms with Crippen LogP contribution in [0, 0.1) is 0 Å². The van der Waals surface area contributed by atoms with Gasteiger partial charge >= 0.3 is 0 Å². The van der Waals surface area contributed by atoms with Crippen LogP contribution in [-0.4, -0.2) is 28.1 Å². The molecule has 0 N–H and O–H groups in total. The minimum Gasteiger partial charge on any atom is -0.160 e. The molecule has 0 unspecified atom stereocenters. The molecule has 1 rings (SSSR count). The van der Waals surface area contributed by atoms with E-state index >= 15 is 0 Å². The summed E-state index contributed by atoms with van der Waals surface area (Å²) in [6.45, 7) is 0. The highest BCUT2D eigenvalue weighted by Crippen LogP contribution is 2.44. The summed E-state index contributed by atoms with van der Waals surface area (Å²) in [7, 11) is 0. The Morgan fingerprint density at radius 3 is 2.30 bits per heavy atom. The Balaban J connectivity index is 2.44. The number of rotatable bonds is 2. The van der Waals surface area contributed by atoms with Crippen LogP contribution in [-0.2, 0) is 0 Å². The lowest BCUT2D eigenvalue weighted by atomic mass is 10.2. The molecule has 0 aromatic heterocycles. The summed E-state index contributed by atoms with van der Waals surface area (Å²) in [6.07, 6.45) is 7.29. The molecule has 0 bridgehead atoms. The maximum Gasteiger partial charge on any atom is 0.0695 e. The van der Waals surface area contributed by atoms with E-state index < -0.39 is 0 Å². The van der Waals surface area contributed by atoms with Crippen LogP contribution in [0.2, 0.25) is 0 Å². The Hall–Kier alpha value is 1.05. The quantitative estimate of drug-likeness (QED) is 0.620. The lowest BCUT2D eigenvalue weighted by molar-refractivity contribution is 0.742. The molecule has 60 valence electrons. The van der Waals surface area contributed by atoms with Crippen LogP contribution in [0.3, 0.4) is 0 Å². The van der Waals surface area contributed by atoms with Gasteiger partial charge in [0.1, 0.15) is 0 Å². The van der Waals surface area contributed by atoms with Gasteiger partial charge in [-0.15, -0.1) is 23.5 Å². The third kappa shape index (κ3) is 2.02. The van der Waals surface area contributed by atoms with Crippen LogP contribution in [0.15, 0.2) is 0 Å². The molecule has 0 nitrogen and oxygen atoms in total. The van der Waals surface area contributed by atoms with Gasteiger partial charge in [0.05, 0.1) is 4.08 Å². The number of hydrogen-bond donors (Lipinski definition) is 0. The number of hydrogen-bond acceptors (Lipinski definition) is 3. The molecule has 0 amide bonds. The average Bonchev–Trinajstić information content (AvgIpc) is 2.06. The zero-order chi connectivity index (χ0) is 7.45. The van der Waals surface area contributed by atoms with E-state index in [1.54, 1.807) is 0 Å². The lowest BCUT2D eigenvalue weighted by Gasteiger charge is -2.33. The van der Waals surface area contributed by atoms with Crippen molar-refractivity contribution in [2.24, 2.45) is 0 Å². The van der Waals surface area contributed by atoms with Crippen LogP contribution in [0.25, 0.3) is 0 Å². The van der Waals surface area contributed by atoms with Crippen molar-refractivity contribution in [1.29, 1.82) is 0 Å². The largest absolute Gasteiger partial charge is 0.160 e. The van der Waals surface area contributed by atoms with E-state index in [1.807, 2.05) is 23.5 Å². The first kappa shape index (κ1) is 9.14. The molecule has 10 heavy (non-hydrogen) atoms. The first-order valence-electron chi connectivity index (χ1n) is 3.51. The maximum absolute atomic E-state index is 2.24. The second kappa shape index (κ2) is 4.17. The summed E-state index contributed by atoms with van der Waals surface area (Å²) in [5.41, 5.74) is 0. The van der Waals surface area contributed by atoms with E-state index in [1.165, 1.54) is 24.3 Å². The minimum absolute atomic E-state index is 0.558. The molecule has 0 atom stereocenters. The Morgan fingerprint density at radius 1 is 1.30 bits per heavy atom. The fourth-order valence-corrected chi connectivity index (χ4v) is 4.90. The summed E-state index contributed by atoms with van der Waals surface area (Å²) in [5.74, 6) is 2.72. The van der Waals surface area contributed by atoms with E-state index in [4.69, 9.17) is 0 Å². The predicted molar refractivity (Wildman–Crippen MR) is 56.3 cm³/mol. The van der Waals surface area contributed by atoms with Crippen molar-refractivity contribution in [2.45, 2.75) is 16.9 Å². The van der Waals surface area contributed by atoms with Gasteiger partial charge in [0.15, 0.2) is 0 Å². The molecule has 1 heterocycles. The molecule has 0 aromatic rings. The van der Waals surface area contributed by atoms with Crippen molar-refractivity contribution in [3.05, 3.63) is 0 Å². The van der Waals surface area contributed by atoms with Crippen molar-refractivity contribution in [1.82, 2.24) is 0 Å². The molecule has 0 aliphatic carbocycles. The normalized spacial score (nSPS) is 24.6. The van der Waals surface area contributed by atoms with Gasteiger partial charge in [0, 0.05) is 5.75 Å². The highest BCUT2D eigenvalue weighted by Gasteiger charge is 2.29. The molecular formula is C7H14S3. The minimum atomic E-state index is 0.558. The maximum atomic E-state index is 2.24. The molecule has 1 fully saturated rings. The van der Waals surface area contributed by atoms with Crippen molar-refractivity contribution in [3.8, 4) is 0 Å². The molecule has 0 aromatic carbocycles. The second-order valence-electron chi connectivity index (χ2n) is 2.48. The Morgan fingerprint density at radius 2 is 2.00 bits per heavy atom. The summed E-state index contributed by atoms with van der Waals surface area (Å²) in [4.78, 5) is 0. The summed E-state index contributed by atoms with van der Waals surface area (Å²) in [5, 5.41) is 0. The molecular weight excluding hydrogens is 180 g/mol. The van der Waals surface area contributed by atoms with Gasteiger partial charge < -0.3 is 0 Å². The van der Waals surface area contributed by atoms with Gasteiger partial charge in [0.25, 0.3) is 0 Å². The van der Waals surface area contributed by atoms with Crippen LogP contribution in [0.5, 0.6) is 0 Å². The number of thioether (sulfide) groups is 3. The average molecular weight is 194 g/mol. The molecule has 0 saturated carbocycles. The lowest BCUT2D eigenvalue weighted by Crippen LogP contribution is -2.26. The Kier molecular flexibility index (Phi) is 3.81. The molecule has 3 heteroatoms. The SMILES string of the molecule is CSC1(SC)CCCSC1. The highest BCUT2D eigenvalue weighted by atomic mass is 32.2. The third-order valence-corrected chi connectivity index (χ3v) is 6.74. The van der Waals surface area contributed by atoms with Gasteiger partial charge in [-0.2, -0.15) is 11.8 Å². The van der Waals surface area contributed by atoms with Gasteiger partial charge in [-0.25, -0.2) is 0 Å². The van der Waals surface area contributed by atoms with E-state index in [0.717, 1.165) is 0 Å². The smallest absolute Gasteiger partial charge is 0.0695 e. The molecule has 1 aliphatic rings. The monoisotopic (exact) mass is 194 g/mol. The van der Waals surface area contributed by atoms with E-state index in [9.17, 15) is 0 Å². The summed E-state index contributed by atoms with van der Waals surface area (Å²) >= 11 is 6.18. The van der Waals surface area contributed by atoms with Gasteiger partial charge in [-0.3, -0.25) is 0 Å². The van der Waals surface area contributed by atoms with Gasteiger partial charge in [0.2, 0.25) is 0 Å². The third-order valence-electron chi connectivity index (χ3n) is 1.91. The van der Waals surface area contributed by atoms with Gasteiger partial charge in [-0.05, 0) is 31.1 Å². The van der Waals surface area contributed by atoms with E-state index in [-0.39, 0.29) is 0 Å². The van der Waals surface area contributed by atoms with Crippen molar-refractivity contribution < 1.29 is 0 Å². The molecule has 0 spiro atoms. The highest BCUT2D eigenvalue weighted by molar-refractivity contribution is 8.18. The van der Waals surface area contributed by atoms with Crippen LogP contribution < -0.4 is 0 Å². The summed E-state index contributed by atoms with van der Waals surface area (Å²) < 4.78 is 0.558. The molecule has 0 radical (unpaired) electrons. The first-order chi connectivity index (χ1) is 4.83. The van der Waals surface area contributed by atoms with E-state index in [0.29, 0.717) is 4.08 Å². The Bertz CT molecular complexity index is 91.0. The van der Waals surface area contributed by atoms with E-state index in [2.05, 4.69) is 24.3 Å².